The van der Waals surface area contributed by atoms with Crippen molar-refractivity contribution < 1.29 is 4.79 Å². The highest BCUT2D eigenvalue weighted by molar-refractivity contribution is 6.30. The highest BCUT2D eigenvalue weighted by atomic mass is 35.5. The first-order valence-electron chi connectivity index (χ1n) is 11.0. The molecule has 1 N–H and O–H groups in total. The zero-order chi connectivity index (χ0) is 20.9. The van der Waals surface area contributed by atoms with E-state index < -0.39 is 0 Å². The Bertz CT molecular complexity index is 841. The monoisotopic (exact) mass is 426 g/mol. The number of anilines is 2. The van der Waals surface area contributed by atoms with Crippen molar-refractivity contribution in [2.75, 3.05) is 49.5 Å². The van der Waals surface area contributed by atoms with E-state index in [2.05, 4.69) is 46.3 Å². The van der Waals surface area contributed by atoms with Gasteiger partial charge in [-0.15, -0.1) is 0 Å². The summed E-state index contributed by atoms with van der Waals surface area (Å²) in [5, 5.41) is 3.63. The van der Waals surface area contributed by atoms with Crippen LogP contribution in [0.5, 0.6) is 0 Å². The molecular weight excluding hydrogens is 396 g/mol. The van der Waals surface area contributed by atoms with E-state index in [9.17, 15) is 4.79 Å². The third-order valence-electron chi connectivity index (χ3n) is 6.26. The fourth-order valence-corrected chi connectivity index (χ4v) is 4.41. The lowest BCUT2D eigenvalue weighted by molar-refractivity contribution is 0.143. The summed E-state index contributed by atoms with van der Waals surface area (Å²) in [5.41, 5.74) is 3.55. The normalized spacial score (nSPS) is 18.5. The molecule has 2 aliphatic heterocycles. The molecule has 2 amide bonds. The van der Waals surface area contributed by atoms with Crippen LogP contribution in [0.15, 0.2) is 48.5 Å². The Kier molecular flexibility index (Phi) is 6.80. The summed E-state index contributed by atoms with van der Waals surface area (Å²) in [5.74, 6) is 0.834. The molecule has 0 unspecified atom stereocenters. The van der Waals surface area contributed by atoms with Crippen LogP contribution in [0.2, 0.25) is 5.02 Å². The molecule has 2 aromatic carbocycles. The van der Waals surface area contributed by atoms with Gasteiger partial charge in [-0.2, -0.15) is 0 Å². The van der Waals surface area contributed by atoms with E-state index in [0.29, 0.717) is 5.02 Å². The fourth-order valence-electron chi connectivity index (χ4n) is 4.29. The van der Waals surface area contributed by atoms with Gasteiger partial charge in [0.2, 0.25) is 0 Å². The lowest BCUT2D eigenvalue weighted by Crippen LogP contribution is -2.49. The maximum absolute atomic E-state index is 12.6. The predicted molar refractivity (Wildman–Crippen MR) is 124 cm³/mol. The number of piperazine rings is 1. The zero-order valence-corrected chi connectivity index (χ0v) is 18.4. The molecule has 0 spiro atoms. The van der Waals surface area contributed by atoms with Gasteiger partial charge in [-0.1, -0.05) is 36.7 Å². The van der Waals surface area contributed by atoms with Gasteiger partial charge < -0.3 is 15.1 Å². The van der Waals surface area contributed by atoms with E-state index in [1.165, 1.54) is 24.1 Å². The first-order valence-corrected chi connectivity index (χ1v) is 11.3. The van der Waals surface area contributed by atoms with Gasteiger partial charge in [0.05, 0.1) is 0 Å². The van der Waals surface area contributed by atoms with Gasteiger partial charge in [-0.05, 0) is 54.7 Å². The molecule has 0 atom stereocenters. The number of nitrogens with zero attached hydrogens (tertiary/aromatic N) is 3. The quantitative estimate of drug-likeness (QED) is 0.753. The van der Waals surface area contributed by atoms with Crippen molar-refractivity contribution in [3.63, 3.8) is 0 Å². The predicted octanol–water partition coefficient (Wildman–Crippen LogP) is 4.93. The van der Waals surface area contributed by atoms with Crippen LogP contribution in [0.25, 0.3) is 0 Å². The first-order chi connectivity index (χ1) is 14.6. The number of carbonyl (C=O) groups is 1. The molecular formula is C24H31ClN4O. The summed E-state index contributed by atoms with van der Waals surface area (Å²) in [6, 6.07) is 16.0. The second kappa shape index (κ2) is 9.71. The van der Waals surface area contributed by atoms with Gasteiger partial charge in [-0.25, -0.2) is 4.79 Å². The number of rotatable bonds is 4. The Morgan fingerprint density at radius 2 is 1.63 bits per heavy atom. The number of hydrogen-bond acceptors (Lipinski definition) is 3. The number of para-hydroxylation sites is 1. The second-order valence-electron chi connectivity index (χ2n) is 8.50. The van der Waals surface area contributed by atoms with E-state index in [-0.39, 0.29) is 6.03 Å². The van der Waals surface area contributed by atoms with Crippen LogP contribution in [-0.2, 0) is 6.54 Å². The van der Waals surface area contributed by atoms with Crippen LogP contribution >= 0.6 is 11.6 Å². The van der Waals surface area contributed by atoms with Gasteiger partial charge in [0, 0.05) is 62.2 Å². The highest BCUT2D eigenvalue weighted by Crippen LogP contribution is 2.27. The second-order valence-corrected chi connectivity index (χ2v) is 8.93. The molecule has 5 nitrogen and oxygen atoms in total. The van der Waals surface area contributed by atoms with Crippen molar-refractivity contribution >= 4 is 29.0 Å². The van der Waals surface area contributed by atoms with E-state index in [1.54, 1.807) is 12.1 Å². The van der Waals surface area contributed by atoms with Crippen molar-refractivity contribution in [1.82, 2.24) is 9.80 Å². The van der Waals surface area contributed by atoms with Gasteiger partial charge in [-0.3, -0.25) is 4.90 Å². The highest BCUT2D eigenvalue weighted by Gasteiger charge is 2.23. The molecule has 2 aliphatic rings. The first kappa shape index (κ1) is 21.0. The summed E-state index contributed by atoms with van der Waals surface area (Å²) in [4.78, 5) is 19.5. The van der Waals surface area contributed by atoms with Crippen molar-refractivity contribution in [2.24, 2.45) is 5.92 Å². The SMILES string of the molecule is CC1CCN(c2ccccc2CN2CCN(C(=O)Nc3ccc(Cl)cc3)CC2)CC1. The average molecular weight is 427 g/mol. The molecule has 0 radical (unpaired) electrons. The molecule has 2 saturated heterocycles. The molecule has 6 heteroatoms. The van der Waals surface area contributed by atoms with Gasteiger partial charge >= 0.3 is 6.03 Å². The molecule has 2 aromatic rings. The van der Waals surface area contributed by atoms with Gasteiger partial charge in [0.1, 0.15) is 0 Å². The Morgan fingerprint density at radius 1 is 0.967 bits per heavy atom. The summed E-state index contributed by atoms with van der Waals surface area (Å²) in [7, 11) is 0. The molecule has 4 rings (SSSR count). The van der Waals surface area contributed by atoms with Crippen LogP contribution in [0.4, 0.5) is 16.2 Å². The minimum atomic E-state index is -0.0418. The lowest BCUT2D eigenvalue weighted by atomic mass is 9.98. The summed E-state index contributed by atoms with van der Waals surface area (Å²) in [6.45, 7) is 8.85. The molecule has 0 aliphatic carbocycles. The molecule has 2 heterocycles. The largest absolute Gasteiger partial charge is 0.371 e. The van der Waals surface area contributed by atoms with Crippen LogP contribution in [-0.4, -0.2) is 55.1 Å². The molecule has 160 valence electrons. The number of halogens is 1. The molecule has 0 bridgehead atoms. The van der Waals surface area contributed by atoms with Crippen molar-refractivity contribution in [3.8, 4) is 0 Å². The Morgan fingerprint density at radius 3 is 2.33 bits per heavy atom. The molecule has 0 aromatic heterocycles. The number of hydrogen-bond donors (Lipinski definition) is 1. The standard InChI is InChI=1S/C24H31ClN4O/c1-19-10-12-28(13-11-19)23-5-3-2-4-20(23)18-27-14-16-29(17-15-27)24(30)26-22-8-6-21(25)7-9-22/h2-9,19H,10-18H2,1H3,(H,26,30). The third-order valence-corrected chi connectivity index (χ3v) is 6.52. The number of piperidine rings is 1. The lowest BCUT2D eigenvalue weighted by Gasteiger charge is -2.37. The van der Waals surface area contributed by atoms with E-state index in [0.717, 1.165) is 57.4 Å². The summed E-state index contributed by atoms with van der Waals surface area (Å²) < 4.78 is 0. The van der Waals surface area contributed by atoms with Crippen molar-refractivity contribution in [1.29, 1.82) is 0 Å². The summed E-state index contributed by atoms with van der Waals surface area (Å²) in [6.07, 6.45) is 2.55. The maximum Gasteiger partial charge on any atom is 0.321 e. The fraction of sp³-hybridized carbons (Fsp3) is 0.458. The molecule has 0 saturated carbocycles. The molecule has 2 fully saturated rings. The van der Waals surface area contributed by atoms with E-state index in [1.807, 2.05) is 17.0 Å². The zero-order valence-electron chi connectivity index (χ0n) is 17.7. The van der Waals surface area contributed by atoms with Crippen LogP contribution in [0.1, 0.15) is 25.3 Å². The summed E-state index contributed by atoms with van der Waals surface area (Å²) >= 11 is 5.91. The Balaban J connectivity index is 1.31. The van der Waals surface area contributed by atoms with Gasteiger partial charge in [0.15, 0.2) is 0 Å². The number of nitrogens with one attached hydrogen (secondary N) is 1. The maximum atomic E-state index is 12.6. The number of amides is 2. The number of benzene rings is 2. The minimum Gasteiger partial charge on any atom is -0.371 e. The minimum absolute atomic E-state index is 0.0418. The third kappa shape index (κ3) is 5.27. The molecule has 30 heavy (non-hydrogen) atoms. The van der Waals surface area contributed by atoms with Gasteiger partial charge in [0.25, 0.3) is 0 Å². The van der Waals surface area contributed by atoms with Crippen LogP contribution < -0.4 is 10.2 Å². The van der Waals surface area contributed by atoms with Crippen LogP contribution in [0.3, 0.4) is 0 Å². The number of carbonyl (C=O) groups excluding carboxylic acids is 1. The Hall–Kier alpha value is -2.24. The smallest absolute Gasteiger partial charge is 0.321 e. The topological polar surface area (TPSA) is 38.8 Å². The van der Waals surface area contributed by atoms with Crippen molar-refractivity contribution in [2.45, 2.75) is 26.3 Å². The van der Waals surface area contributed by atoms with Crippen LogP contribution in [0, 0.1) is 5.92 Å². The van der Waals surface area contributed by atoms with E-state index >= 15 is 0 Å². The van der Waals surface area contributed by atoms with E-state index in [4.69, 9.17) is 11.6 Å². The number of urea groups is 1. The van der Waals surface area contributed by atoms with Crippen molar-refractivity contribution in [3.05, 3.63) is 59.1 Å². The average Bonchev–Trinajstić information content (AvgIpc) is 2.77. The Labute approximate surface area is 184 Å².